The lowest BCUT2D eigenvalue weighted by atomic mass is 10.2. The first-order valence-electron chi connectivity index (χ1n) is 7.13. The summed E-state index contributed by atoms with van der Waals surface area (Å²) in [6, 6.07) is 11.6. The van der Waals surface area contributed by atoms with Crippen molar-refractivity contribution in [2.75, 3.05) is 25.3 Å². The number of aryl methyl sites for hydroxylation is 1. The highest BCUT2D eigenvalue weighted by molar-refractivity contribution is 5.94. The van der Waals surface area contributed by atoms with Gasteiger partial charge in [-0.25, -0.2) is 4.98 Å². The summed E-state index contributed by atoms with van der Waals surface area (Å²) in [5.41, 5.74) is 8.60. The van der Waals surface area contributed by atoms with Crippen LogP contribution in [-0.2, 0) is 0 Å². The van der Waals surface area contributed by atoms with E-state index in [1.54, 1.807) is 20.3 Å². The van der Waals surface area contributed by atoms with E-state index < -0.39 is 0 Å². The summed E-state index contributed by atoms with van der Waals surface area (Å²) >= 11 is 0. The van der Waals surface area contributed by atoms with Gasteiger partial charge in [-0.05, 0) is 30.7 Å². The average Bonchev–Trinajstić information content (AvgIpc) is 2.53. The number of anilines is 3. The fraction of sp³-hybridized carbons (Fsp3) is 0.176. The first kappa shape index (κ1) is 14.9. The quantitative estimate of drug-likeness (QED) is 0.769. The number of fused-ring (bicyclic) bond motifs is 1. The van der Waals surface area contributed by atoms with E-state index in [-0.39, 0.29) is 5.95 Å². The minimum Gasteiger partial charge on any atom is -0.493 e. The predicted octanol–water partition coefficient (Wildman–Crippen LogP) is 3.28. The summed E-state index contributed by atoms with van der Waals surface area (Å²) < 4.78 is 10.7. The molecular formula is C17H18N4O2. The van der Waals surface area contributed by atoms with Crippen LogP contribution in [0.3, 0.4) is 0 Å². The van der Waals surface area contributed by atoms with Crippen LogP contribution in [0.2, 0.25) is 0 Å². The number of nitrogen functional groups attached to an aromatic ring is 1. The molecule has 0 atom stereocenters. The van der Waals surface area contributed by atoms with Gasteiger partial charge in [-0.2, -0.15) is 4.98 Å². The molecule has 0 saturated carbocycles. The van der Waals surface area contributed by atoms with Crippen LogP contribution in [0.4, 0.5) is 17.5 Å². The van der Waals surface area contributed by atoms with Crippen LogP contribution in [0.25, 0.3) is 10.9 Å². The molecule has 1 heterocycles. The molecule has 3 N–H and O–H groups in total. The lowest BCUT2D eigenvalue weighted by Gasteiger charge is -2.13. The number of aromatic nitrogens is 2. The highest BCUT2D eigenvalue weighted by atomic mass is 16.5. The number of nitrogens with zero attached hydrogens (tertiary/aromatic N) is 2. The molecule has 0 aliphatic carbocycles. The Bertz CT molecular complexity index is 865. The minimum absolute atomic E-state index is 0.194. The third kappa shape index (κ3) is 2.96. The maximum Gasteiger partial charge on any atom is 0.222 e. The van der Waals surface area contributed by atoms with Crippen molar-refractivity contribution in [1.29, 1.82) is 0 Å². The molecule has 6 nitrogen and oxygen atoms in total. The summed E-state index contributed by atoms with van der Waals surface area (Å²) in [5.74, 6) is 2.03. The molecule has 6 heteroatoms. The van der Waals surface area contributed by atoms with Gasteiger partial charge in [0, 0.05) is 17.1 Å². The first-order valence-corrected chi connectivity index (χ1v) is 7.13. The normalized spacial score (nSPS) is 10.6. The van der Waals surface area contributed by atoms with Crippen molar-refractivity contribution in [2.24, 2.45) is 0 Å². The molecule has 118 valence electrons. The molecule has 0 unspecified atom stereocenters. The van der Waals surface area contributed by atoms with Gasteiger partial charge in [-0.3, -0.25) is 0 Å². The molecule has 3 rings (SSSR count). The highest BCUT2D eigenvalue weighted by Crippen LogP contribution is 2.35. The highest BCUT2D eigenvalue weighted by Gasteiger charge is 2.12. The first-order chi connectivity index (χ1) is 11.1. The molecule has 0 spiro atoms. The Morgan fingerprint density at radius 3 is 2.43 bits per heavy atom. The zero-order valence-corrected chi connectivity index (χ0v) is 13.3. The number of hydrogen-bond acceptors (Lipinski definition) is 6. The third-order valence-electron chi connectivity index (χ3n) is 3.50. The van der Waals surface area contributed by atoms with Gasteiger partial charge in [-0.15, -0.1) is 0 Å². The molecule has 1 aromatic heterocycles. The van der Waals surface area contributed by atoms with Gasteiger partial charge in [0.15, 0.2) is 11.5 Å². The summed E-state index contributed by atoms with van der Waals surface area (Å²) in [6.45, 7) is 2.03. The van der Waals surface area contributed by atoms with E-state index in [2.05, 4.69) is 15.3 Å². The van der Waals surface area contributed by atoms with Crippen LogP contribution >= 0.6 is 0 Å². The van der Waals surface area contributed by atoms with Crippen molar-refractivity contribution in [1.82, 2.24) is 9.97 Å². The third-order valence-corrected chi connectivity index (χ3v) is 3.50. The predicted molar refractivity (Wildman–Crippen MR) is 91.5 cm³/mol. The Hall–Kier alpha value is -3.02. The lowest BCUT2D eigenvalue weighted by molar-refractivity contribution is 0.356. The number of benzene rings is 2. The van der Waals surface area contributed by atoms with Gasteiger partial charge in [0.25, 0.3) is 0 Å². The molecule has 0 aliphatic heterocycles. The summed E-state index contributed by atoms with van der Waals surface area (Å²) in [6.07, 6.45) is 0. The van der Waals surface area contributed by atoms with Crippen LogP contribution in [-0.4, -0.2) is 24.2 Å². The van der Waals surface area contributed by atoms with Gasteiger partial charge in [0.05, 0.1) is 19.7 Å². The van der Waals surface area contributed by atoms with E-state index in [9.17, 15) is 0 Å². The zero-order valence-electron chi connectivity index (χ0n) is 13.3. The average molecular weight is 310 g/mol. The van der Waals surface area contributed by atoms with E-state index in [0.29, 0.717) is 22.8 Å². The summed E-state index contributed by atoms with van der Waals surface area (Å²) in [7, 11) is 3.18. The molecular weight excluding hydrogens is 292 g/mol. The Kier molecular flexibility index (Phi) is 3.89. The molecule has 0 aliphatic rings. The van der Waals surface area contributed by atoms with Crippen molar-refractivity contribution >= 4 is 28.4 Å². The number of hydrogen-bond donors (Lipinski definition) is 2. The Labute approximate surface area is 134 Å². The van der Waals surface area contributed by atoms with Gasteiger partial charge >= 0.3 is 0 Å². The molecule has 0 saturated heterocycles. The SMILES string of the molecule is COc1cc2nc(N)nc(Nc3cccc(C)c3)c2cc1OC. The second-order valence-corrected chi connectivity index (χ2v) is 5.15. The second kappa shape index (κ2) is 6.00. The van der Waals surface area contributed by atoms with Crippen molar-refractivity contribution in [3.8, 4) is 11.5 Å². The summed E-state index contributed by atoms with van der Waals surface area (Å²) in [5, 5.41) is 4.09. The summed E-state index contributed by atoms with van der Waals surface area (Å²) in [4.78, 5) is 8.59. The maximum atomic E-state index is 5.84. The fourth-order valence-corrected chi connectivity index (χ4v) is 2.43. The number of ether oxygens (including phenoxy) is 2. The Morgan fingerprint density at radius 1 is 1.00 bits per heavy atom. The number of nitrogens with one attached hydrogen (secondary N) is 1. The molecule has 0 fully saturated rings. The molecule has 3 aromatic rings. The minimum atomic E-state index is 0.194. The molecule has 2 aromatic carbocycles. The standard InChI is InChI=1S/C17H18N4O2/c1-10-5-4-6-11(7-10)19-16-12-8-14(22-2)15(23-3)9-13(12)20-17(18)21-16/h4-9H,1-3H3,(H3,18,19,20,21). The van der Waals surface area contributed by atoms with E-state index >= 15 is 0 Å². The van der Waals surface area contributed by atoms with Crippen molar-refractivity contribution in [3.05, 3.63) is 42.0 Å². The van der Waals surface area contributed by atoms with Crippen LogP contribution in [0.5, 0.6) is 11.5 Å². The largest absolute Gasteiger partial charge is 0.493 e. The van der Waals surface area contributed by atoms with Crippen LogP contribution in [0.1, 0.15) is 5.56 Å². The van der Waals surface area contributed by atoms with Crippen LogP contribution in [0.15, 0.2) is 36.4 Å². The van der Waals surface area contributed by atoms with E-state index in [1.165, 1.54) is 0 Å². The van der Waals surface area contributed by atoms with Gasteiger partial charge in [0.2, 0.25) is 5.95 Å². The smallest absolute Gasteiger partial charge is 0.222 e. The van der Waals surface area contributed by atoms with Gasteiger partial charge in [0.1, 0.15) is 5.82 Å². The monoisotopic (exact) mass is 310 g/mol. The lowest BCUT2D eigenvalue weighted by Crippen LogP contribution is -2.02. The van der Waals surface area contributed by atoms with Crippen molar-refractivity contribution in [2.45, 2.75) is 6.92 Å². The van der Waals surface area contributed by atoms with Crippen molar-refractivity contribution < 1.29 is 9.47 Å². The number of methoxy groups -OCH3 is 2. The second-order valence-electron chi connectivity index (χ2n) is 5.15. The Balaban J connectivity index is 2.15. The van der Waals surface area contributed by atoms with E-state index in [1.807, 2.05) is 37.3 Å². The number of rotatable bonds is 4. The number of nitrogens with two attached hydrogens (primary N) is 1. The molecule has 23 heavy (non-hydrogen) atoms. The Morgan fingerprint density at radius 2 is 1.74 bits per heavy atom. The topological polar surface area (TPSA) is 82.3 Å². The van der Waals surface area contributed by atoms with Gasteiger partial charge < -0.3 is 20.5 Å². The molecule has 0 radical (unpaired) electrons. The maximum absolute atomic E-state index is 5.84. The van der Waals surface area contributed by atoms with E-state index in [0.717, 1.165) is 16.6 Å². The van der Waals surface area contributed by atoms with Gasteiger partial charge in [-0.1, -0.05) is 12.1 Å². The molecule has 0 amide bonds. The van der Waals surface area contributed by atoms with Crippen LogP contribution in [0, 0.1) is 6.92 Å². The molecule has 0 bridgehead atoms. The fourth-order valence-electron chi connectivity index (χ4n) is 2.43. The van der Waals surface area contributed by atoms with Crippen molar-refractivity contribution in [3.63, 3.8) is 0 Å². The van der Waals surface area contributed by atoms with E-state index in [4.69, 9.17) is 15.2 Å². The van der Waals surface area contributed by atoms with Crippen LogP contribution < -0.4 is 20.5 Å². The zero-order chi connectivity index (χ0) is 16.4.